The second kappa shape index (κ2) is 9.85. The molecule has 2 aromatic rings. The molecule has 0 aromatic heterocycles. The van der Waals surface area contributed by atoms with Gasteiger partial charge in [0.25, 0.3) is 5.91 Å². The van der Waals surface area contributed by atoms with Gasteiger partial charge < -0.3 is 15.7 Å². The van der Waals surface area contributed by atoms with Gasteiger partial charge in [0.1, 0.15) is 5.60 Å². The first-order valence-corrected chi connectivity index (χ1v) is 10.1. The number of rotatable bonds is 7. The van der Waals surface area contributed by atoms with Gasteiger partial charge in [-0.05, 0) is 49.4 Å². The molecule has 2 aromatic carbocycles. The molecule has 0 aliphatic carbocycles. The number of carbonyl (C=O) groups is 2. The summed E-state index contributed by atoms with van der Waals surface area (Å²) in [5.74, 6) is -1.08. The molecule has 6 nitrogen and oxygen atoms in total. The zero-order valence-electron chi connectivity index (χ0n) is 16.7. The van der Waals surface area contributed by atoms with Crippen molar-refractivity contribution in [3.63, 3.8) is 0 Å². The molecule has 0 saturated heterocycles. The van der Waals surface area contributed by atoms with Crippen LogP contribution in [-0.4, -0.2) is 28.3 Å². The molecule has 0 unspecified atom stereocenters. The van der Waals surface area contributed by atoms with Gasteiger partial charge in [-0.25, -0.2) is 0 Å². The number of nitrogens with zero attached hydrogens (tertiary/aromatic N) is 1. The molecule has 0 saturated carbocycles. The molecular formula is C21H20F3N3O3S. The predicted molar refractivity (Wildman–Crippen MR) is 111 cm³/mol. The molecule has 2 rings (SSSR count). The Balaban J connectivity index is 2.03. The number of hydrogen-bond acceptors (Lipinski definition) is 5. The lowest BCUT2D eigenvalue weighted by atomic mass is 10.1. The fraction of sp³-hybridized carbons (Fsp3) is 0.286. The van der Waals surface area contributed by atoms with E-state index in [0.717, 1.165) is 17.0 Å². The van der Waals surface area contributed by atoms with E-state index in [1.165, 1.54) is 24.8 Å². The molecule has 0 aliphatic rings. The van der Waals surface area contributed by atoms with Gasteiger partial charge in [-0.15, -0.1) is 11.8 Å². The molecule has 1 atom stereocenters. The molecule has 0 fully saturated rings. The number of alkyl halides is 3. The highest BCUT2D eigenvalue weighted by Gasteiger charge is 2.35. The second-order valence-electron chi connectivity index (χ2n) is 6.81. The van der Waals surface area contributed by atoms with Crippen molar-refractivity contribution < 1.29 is 27.9 Å². The second-order valence-corrected chi connectivity index (χ2v) is 7.86. The highest BCUT2D eigenvalue weighted by atomic mass is 32.2. The molecule has 3 N–H and O–H groups in total. The number of aliphatic hydroxyl groups is 1. The number of nitriles is 1. The summed E-state index contributed by atoms with van der Waals surface area (Å²) < 4.78 is 39.2. The number of anilines is 2. The first-order valence-electron chi connectivity index (χ1n) is 9.14. The van der Waals surface area contributed by atoms with Crippen LogP contribution < -0.4 is 10.6 Å². The maximum absolute atomic E-state index is 13.1. The highest BCUT2D eigenvalue weighted by molar-refractivity contribution is 7.99. The molecule has 0 aliphatic heterocycles. The summed E-state index contributed by atoms with van der Waals surface area (Å²) in [4.78, 5) is 24.5. The van der Waals surface area contributed by atoms with Crippen molar-refractivity contribution in [3.8, 4) is 6.07 Å². The maximum atomic E-state index is 13.1. The zero-order chi connectivity index (χ0) is 23.2. The minimum atomic E-state index is -4.76. The molecule has 164 valence electrons. The van der Waals surface area contributed by atoms with Gasteiger partial charge >= 0.3 is 6.18 Å². The van der Waals surface area contributed by atoms with E-state index in [0.29, 0.717) is 18.2 Å². The monoisotopic (exact) mass is 451 g/mol. The number of amides is 2. The third-order valence-electron chi connectivity index (χ3n) is 4.17. The Hall–Kier alpha value is -3.03. The van der Waals surface area contributed by atoms with E-state index in [4.69, 9.17) is 5.26 Å². The van der Waals surface area contributed by atoms with Gasteiger partial charge in [0.05, 0.1) is 17.2 Å². The lowest BCUT2D eigenvalue weighted by Crippen LogP contribution is -2.42. The van der Waals surface area contributed by atoms with Crippen LogP contribution in [-0.2, 0) is 15.8 Å². The number of carbonyl (C=O) groups excluding carboxylic acids is 2. The van der Waals surface area contributed by atoms with Crippen LogP contribution in [0.2, 0.25) is 0 Å². The topological polar surface area (TPSA) is 102 Å². The normalized spacial score (nSPS) is 13.1. The maximum Gasteiger partial charge on any atom is 0.417 e. The minimum absolute atomic E-state index is 0.0676. The van der Waals surface area contributed by atoms with Crippen LogP contribution >= 0.6 is 11.8 Å². The van der Waals surface area contributed by atoms with E-state index in [1.807, 2.05) is 0 Å². The van der Waals surface area contributed by atoms with Crippen molar-refractivity contribution in [2.24, 2.45) is 0 Å². The molecule has 0 radical (unpaired) electrons. The average Bonchev–Trinajstić information content (AvgIpc) is 2.72. The lowest BCUT2D eigenvalue weighted by Gasteiger charge is -2.22. The van der Waals surface area contributed by atoms with Crippen LogP contribution in [0.25, 0.3) is 0 Å². The van der Waals surface area contributed by atoms with E-state index >= 15 is 0 Å². The van der Waals surface area contributed by atoms with Gasteiger partial charge in [-0.2, -0.15) is 18.4 Å². The Morgan fingerprint density at radius 1 is 1.10 bits per heavy atom. The third kappa shape index (κ3) is 6.73. The zero-order valence-corrected chi connectivity index (χ0v) is 17.5. The summed E-state index contributed by atoms with van der Waals surface area (Å²) in [6.07, 6.45) is -4.41. The summed E-state index contributed by atoms with van der Waals surface area (Å²) >= 11 is 1.17. The Labute approximate surface area is 181 Å². The van der Waals surface area contributed by atoms with E-state index in [9.17, 15) is 27.9 Å². The molecule has 0 spiro atoms. The molecule has 0 bridgehead atoms. The first-order chi connectivity index (χ1) is 14.5. The fourth-order valence-corrected chi connectivity index (χ4v) is 3.30. The molecule has 0 heterocycles. The number of hydrogen-bond donors (Lipinski definition) is 3. The molecule has 2 amide bonds. The Morgan fingerprint density at radius 2 is 1.71 bits per heavy atom. The summed E-state index contributed by atoms with van der Waals surface area (Å²) in [5.41, 5.74) is -3.19. The highest BCUT2D eigenvalue weighted by Crippen LogP contribution is 2.34. The van der Waals surface area contributed by atoms with Crippen molar-refractivity contribution in [1.82, 2.24) is 0 Å². The van der Waals surface area contributed by atoms with Gasteiger partial charge in [-0.3, -0.25) is 9.59 Å². The SMILES string of the molecule is CCC(=O)Nc1ccc(SC[C@@](C)(O)C(=O)Nc2ccc(C#N)c(C(F)(F)F)c2)cc1. The number of benzene rings is 2. The Bertz CT molecular complexity index is 1000. The van der Waals surface area contributed by atoms with E-state index in [-0.39, 0.29) is 17.3 Å². The van der Waals surface area contributed by atoms with Gasteiger partial charge in [-0.1, -0.05) is 6.92 Å². The van der Waals surface area contributed by atoms with Crippen LogP contribution in [0.5, 0.6) is 0 Å². The summed E-state index contributed by atoms with van der Waals surface area (Å²) in [6, 6.07) is 11.0. The average molecular weight is 451 g/mol. The molecule has 10 heteroatoms. The Morgan fingerprint density at radius 3 is 2.26 bits per heavy atom. The van der Waals surface area contributed by atoms with Crippen LogP contribution in [0, 0.1) is 11.3 Å². The largest absolute Gasteiger partial charge is 0.417 e. The van der Waals surface area contributed by atoms with Crippen LogP contribution in [0.4, 0.5) is 24.5 Å². The van der Waals surface area contributed by atoms with E-state index in [2.05, 4.69) is 10.6 Å². The first kappa shape index (κ1) is 24.2. The minimum Gasteiger partial charge on any atom is -0.379 e. The van der Waals surface area contributed by atoms with Gasteiger partial charge in [0.2, 0.25) is 5.91 Å². The van der Waals surface area contributed by atoms with Crippen molar-refractivity contribution >= 4 is 35.0 Å². The quantitative estimate of drug-likeness (QED) is 0.542. The van der Waals surface area contributed by atoms with E-state index in [1.54, 1.807) is 31.2 Å². The predicted octanol–water partition coefficient (Wildman–Crippen LogP) is 4.41. The van der Waals surface area contributed by atoms with Crippen molar-refractivity contribution in [3.05, 3.63) is 53.6 Å². The fourth-order valence-electron chi connectivity index (χ4n) is 2.39. The van der Waals surface area contributed by atoms with Crippen LogP contribution in [0.3, 0.4) is 0 Å². The van der Waals surface area contributed by atoms with Gasteiger partial charge in [0.15, 0.2) is 0 Å². The summed E-state index contributed by atoms with van der Waals surface area (Å²) in [5, 5.41) is 24.3. The number of halogens is 3. The number of thioether (sulfide) groups is 1. The van der Waals surface area contributed by atoms with Crippen molar-refractivity contribution in [2.75, 3.05) is 16.4 Å². The van der Waals surface area contributed by atoms with Crippen LogP contribution in [0.15, 0.2) is 47.4 Å². The third-order valence-corrected chi connectivity index (χ3v) is 5.48. The summed E-state index contributed by atoms with van der Waals surface area (Å²) in [7, 11) is 0. The lowest BCUT2D eigenvalue weighted by molar-refractivity contribution is -0.137. The standard InChI is InChI=1S/C21H20F3N3O3S/c1-3-18(28)26-14-6-8-16(9-7-14)31-12-20(2,30)19(29)27-15-5-4-13(11-25)17(10-15)21(22,23)24/h4-10,30H,3,12H2,1-2H3,(H,26,28)(H,27,29)/t20-/m1/s1. The molecular weight excluding hydrogens is 431 g/mol. The van der Waals surface area contributed by atoms with Crippen LogP contribution in [0.1, 0.15) is 31.4 Å². The van der Waals surface area contributed by atoms with Crippen molar-refractivity contribution in [2.45, 2.75) is 36.9 Å². The van der Waals surface area contributed by atoms with Crippen molar-refractivity contribution in [1.29, 1.82) is 5.26 Å². The van der Waals surface area contributed by atoms with E-state index < -0.39 is 28.8 Å². The molecule has 31 heavy (non-hydrogen) atoms. The number of nitrogens with one attached hydrogen (secondary N) is 2. The van der Waals surface area contributed by atoms with Gasteiger partial charge in [0, 0.05) is 28.4 Å². The Kier molecular flexibility index (Phi) is 7.70. The summed E-state index contributed by atoms with van der Waals surface area (Å²) in [6.45, 7) is 2.98. The smallest absolute Gasteiger partial charge is 0.379 e.